The molecule has 0 saturated heterocycles. The molecule has 0 aliphatic carbocycles. The molecule has 0 aromatic heterocycles. The standard InChI is InChI=1S/C17H18FN3/c18-15-11-14(17(19)20)5-6-16(15)21-9-7-12-3-1-2-4-13(12)8-10-21/h1-6,11H,7-10H2,(H3,19,20). The van der Waals surface area contributed by atoms with Crippen LogP contribution < -0.4 is 10.6 Å². The van der Waals surface area contributed by atoms with Crippen molar-refractivity contribution in [2.75, 3.05) is 18.0 Å². The molecule has 2 aromatic carbocycles. The number of nitrogens with one attached hydrogen (secondary N) is 1. The predicted molar refractivity (Wildman–Crippen MR) is 83.5 cm³/mol. The topological polar surface area (TPSA) is 53.1 Å². The Morgan fingerprint density at radius 2 is 1.67 bits per heavy atom. The molecule has 2 aromatic rings. The Kier molecular flexibility index (Phi) is 3.60. The van der Waals surface area contributed by atoms with E-state index in [9.17, 15) is 4.39 Å². The third kappa shape index (κ3) is 2.75. The first-order valence-electron chi connectivity index (χ1n) is 7.11. The van der Waals surface area contributed by atoms with E-state index in [2.05, 4.69) is 29.2 Å². The van der Waals surface area contributed by atoms with Crippen molar-refractivity contribution in [2.45, 2.75) is 12.8 Å². The van der Waals surface area contributed by atoms with Gasteiger partial charge in [0.1, 0.15) is 11.7 Å². The zero-order chi connectivity index (χ0) is 14.8. The van der Waals surface area contributed by atoms with Crippen molar-refractivity contribution in [2.24, 2.45) is 5.73 Å². The minimum atomic E-state index is -0.311. The quantitative estimate of drug-likeness (QED) is 0.657. The van der Waals surface area contributed by atoms with Gasteiger partial charge in [0, 0.05) is 18.7 Å². The molecular weight excluding hydrogens is 265 g/mol. The van der Waals surface area contributed by atoms with Crippen molar-refractivity contribution in [3.63, 3.8) is 0 Å². The number of halogens is 1. The largest absolute Gasteiger partial charge is 0.384 e. The maximum absolute atomic E-state index is 14.3. The molecule has 0 unspecified atom stereocenters. The van der Waals surface area contributed by atoms with Gasteiger partial charge in [0.2, 0.25) is 0 Å². The first kappa shape index (κ1) is 13.6. The zero-order valence-corrected chi connectivity index (χ0v) is 11.8. The lowest BCUT2D eigenvalue weighted by molar-refractivity contribution is 0.617. The van der Waals surface area contributed by atoms with Crippen LogP contribution in [0.15, 0.2) is 42.5 Å². The van der Waals surface area contributed by atoms with E-state index in [1.807, 2.05) is 0 Å². The molecule has 0 radical (unpaired) electrons. The molecule has 3 rings (SSSR count). The smallest absolute Gasteiger partial charge is 0.147 e. The number of amidine groups is 1. The van der Waals surface area contributed by atoms with Crippen LogP contribution in [-0.4, -0.2) is 18.9 Å². The fraction of sp³-hybridized carbons (Fsp3) is 0.235. The van der Waals surface area contributed by atoms with Crippen LogP contribution in [0, 0.1) is 11.2 Å². The maximum Gasteiger partial charge on any atom is 0.147 e. The summed E-state index contributed by atoms with van der Waals surface area (Å²) in [6.07, 6.45) is 1.84. The monoisotopic (exact) mass is 283 g/mol. The number of nitrogens with two attached hydrogens (primary N) is 1. The molecule has 21 heavy (non-hydrogen) atoms. The number of hydrogen-bond donors (Lipinski definition) is 2. The van der Waals surface area contributed by atoms with Crippen LogP contribution >= 0.6 is 0 Å². The second-order valence-electron chi connectivity index (χ2n) is 5.34. The average Bonchev–Trinajstić information content (AvgIpc) is 2.70. The van der Waals surface area contributed by atoms with Gasteiger partial charge in [-0.15, -0.1) is 0 Å². The van der Waals surface area contributed by atoms with E-state index >= 15 is 0 Å². The molecular formula is C17H18FN3. The Hall–Kier alpha value is -2.36. The molecule has 0 fully saturated rings. The number of hydrogen-bond acceptors (Lipinski definition) is 2. The molecule has 1 aliphatic rings. The van der Waals surface area contributed by atoms with Crippen molar-refractivity contribution in [3.05, 3.63) is 65.0 Å². The van der Waals surface area contributed by atoms with Gasteiger partial charge in [-0.1, -0.05) is 24.3 Å². The third-order valence-corrected chi connectivity index (χ3v) is 4.02. The van der Waals surface area contributed by atoms with Gasteiger partial charge in [-0.2, -0.15) is 0 Å². The van der Waals surface area contributed by atoms with Gasteiger partial charge < -0.3 is 10.6 Å². The van der Waals surface area contributed by atoms with Gasteiger partial charge in [-0.25, -0.2) is 4.39 Å². The van der Waals surface area contributed by atoms with E-state index in [1.54, 1.807) is 12.1 Å². The molecule has 0 saturated carbocycles. The highest BCUT2D eigenvalue weighted by Gasteiger charge is 2.17. The first-order chi connectivity index (χ1) is 10.1. The molecule has 3 nitrogen and oxygen atoms in total. The number of anilines is 1. The van der Waals surface area contributed by atoms with E-state index in [0.29, 0.717) is 11.3 Å². The molecule has 4 heteroatoms. The molecule has 0 atom stereocenters. The third-order valence-electron chi connectivity index (χ3n) is 4.02. The lowest BCUT2D eigenvalue weighted by Gasteiger charge is -2.23. The highest BCUT2D eigenvalue weighted by atomic mass is 19.1. The first-order valence-corrected chi connectivity index (χ1v) is 7.11. The summed E-state index contributed by atoms with van der Waals surface area (Å²) >= 11 is 0. The van der Waals surface area contributed by atoms with Crippen LogP contribution in [0.4, 0.5) is 10.1 Å². The van der Waals surface area contributed by atoms with Gasteiger partial charge in [0.25, 0.3) is 0 Å². The Bertz CT molecular complexity index is 654. The molecule has 1 heterocycles. The predicted octanol–water partition coefficient (Wildman–Crippen LogP) is 2.71. The number of rotatable bonds is 2. The summed E-state index contributed by atoms with van der Waals surface area (Å²) < 4.78 is 14.3. The van der Waals surface area contributed by atoms with Crippen LogP contribution in [0.1, 0.15) is 16.7 Å². The highest BCUT2D eigenvalue weighted by Crippen LogP contribution is 2.24. The van der Waals surface area contributed by atoms with Crippen LogP contribution in [0.3, 0.4) is 0 Å². The number of nitrogens with zero attached hydrogens (tertiary/aromatic N) is 1. The van der Waals surface area contributed by atoms with Crippen molar-refractivity contribution in [1.29, 1.82) is 5.41 Å². The summed E-state index contributed by atoms with van der Waals surface area (Å²) in [4.78, 5) is 2.07. The van der Waals surface area contributed by atoms with Crippen molar-refractivity contribution >= 4 is 11.5 Å². The molecule has 0 amide bonds. The lowest BCUT2D eigenvalue weighted by atomic mass is 10.0. The SMILES string of the molecule is N=C(N)c1ccc(N2CCc3ccccc3CC2)c(F)c1. The Balaban J connectivity index is 1.84. The normalized spacial score (nSPS) is 14.4. The summed E-state index contributed by atoms with van der Waals surface area (Å²) in [7, 11) is 0. The zero-order valence-electron chi connectivity index (χ0n) is 11.8. The summed E-state index contributed by atoms with van der Waals surface area (Å²) in [5.74, 6) is -0.419. The second-order valence-corrected chi connectivity index (χ2v) is 5.34. The average molecular weight is 283 g/mol. The minimum Gasteiger partial charge on any atom is -0.384 e. The van der Waals surface area contributed by atoms with Crippen LogP contribution in [-0.2, 0) is 12.8 Å². The molecule has 0 bridgehead atoms. The lowest BCUT2D eigenvalue weighted by Crippen LogP contribution is -2.27. The minimum absolute atomic E-state index is 0.108. The van der Waals surface area contributed by atoms with E-state index in [-0.39, 0.29) is 11.7 Å². The van der Waals surface area contributed by atoms with Crippen molar-refractivity contribution < 1.29 is 4.39 Å². The summed E-state index contributed by atoms with van der Waals surface area (Å²) in [5.41, 5.74) is 9.11. The number of benzene rings is 2. The summed E-state index contributed by atoms with van der Waals surface area (Å²) in [6, 6.07) is 13.2. The fourth-order valence-corrected chi connectivity index (χ4v) is 2.84. The van der Waals surface area contributed by atoms with Gasteiger partial charge in [0.05, 0.1) is 5.69 Å². The van der Waals surface area contributed by atoms with Crippen LogP contribution in [0.5, 0.6) is 0 Å². The molecule has 3 N–H and O–H groups in total. The Labute approximate surface area is 123 Å². The summed E-state index contributed by atoms with van der Waals surface area (Å²) in [5, 5.41) is 7.37. The van der Waals surface area contributed by atoms with E-state index < -0.39 is 0 Å². The summed E-state index contributed by atoms with van der Waals surface area (Å²) in [6.45, 7) is 1.60. The van der Waals surface area contributed by atoms with Gasteiger partial charge in [-0.3, -0.25) is 5.41 Å². The van der Waals surface area contributed by atoms with Crippen molar-refractivity contribution in [1.82, 2.24) is 0 Å². The van der Waals surface area contributed by atoms with E-state index in [0.717, 1.165) is 25.9 Å². The molecule has 108 valence electrons. The molecule has 1 aliphatic heterocycles. The second kappa shape index (κ2) is 5.56. The van der Waals surface area contributed by atoms with Gasteiger partial charge >= 0.3 is 0 Å². The van der Waals surface area contributed by atoms with E-state index in [1.165, 1.54) is 17.2 Å². The van der Waals surface area contributed by atoms with Crippen LogP contribution in [0.2, 0.25) is 0 Å². The van der Waals surface area contributed by atoms with Gasteiger partial charge in [0.15, 0.2) is 0 Å². The fourth-order valence-electron chi connectivity index (χ4n) is 2.84. The highest BCUT2D eigenvalue weighted by molar-refractivity contribution is 5.95. The van der Waals surface area contributed by atoms with E-state index in [4.69, 9.17) is 11.1 Å². The van der Waals surface area contributed by atoms with Crippen molar-refractivity contribution in [3.8, 4) is 0 Å². The Morgan fingerprint density at radius 1 is 1.05 bits per heavy atom. The maximum atomic E-state index is 14.3. The van der Waals surface area contributed by atoms with Crippen LogP contribution in [0.25, 0.3) is 0 Å². The van der Waals surface area contributed by atoms with Gasteiger partial charge in [-0.05, 0) is 42.2 Å². The Morgan fingerprint density at radius 3 is 2.19 bits per heavy atom. The molecule has 0 spiro atoms. The number of fused-ring (bicyclic) bond motifs is 1. The number of nitrogen functional groups attached to an aromatic ring is 1.